The van der Waals surface area contributed by atoms with Gasteiger partial charge < -0.3 is 10.6 Å². The molecular weight excluding hydrogens is 296 g/mol. The fourth-order valence-corrected chi connectivity index (χ4v) is 1.74. The lowest BCUT2D eigenvalue weighted by molar-refractivity contribution is -0.127. The average Bonchev–Trinajstić information content (AvgIpc) is 2.28. The topological polar surface area (TPSA) is 58.2 Å². The highest BCUT2D eigenvalue weighted by atomic mass is 79.9. The second kappa shape index (κ2) is 7.16. The molecule has 1 unspecified atom stereocenters. The molecule has 2 N–H and O–H groups in total. The molecule has 0 aliphatic heterocycles. The van der Waals surface area contributed by atoms with Crippen LogP contribution < -0.4 is 10.6 Å². The van der Waals surface area contributed by atoms with Crippen molar-refractivity contribution >= 4 is 33.4 Å². The molecule has 0 heterocycles. The van der Waals surface area contributed by atoms with Gasteiger partial charge in [0.15, 0.2) is 0 Å². The first-order chi connectivity index (χ1) is 8.51. The highest BCUT2D eigenvalue weighted by Crippen LogP contribution is 2.15. The Morgan fingerprint density at radius 3 is 2.67 bits per heavy atom. The third-order valence-corrected chi connectivity index (χ3v) is 2.94. The molecule has 0 spiro atoms. The predicted molar refractivity (Wildman–Crippen MR) is 75.3 cm³/mol. The Morgan fingerprint density at radius 2 is 2.06 bits per heavy atom. The highest BCUT2D eigenvalue weighted by molar-refractivity contribution is 9.10. The summed E-state index contributed by atoms with van der Waals surface area (Å²) >= 11 is 3.31. The van der Waals surface area contributed by atoms with Crippen molar-refractivity contribution in [2.24, 2.45) is 0 Å². The molecule has 1 rings (SSSR count). The minimum atomic E-state index is -0.311. The Morgan fingerprint density at radius 1 is 1.33 bits per heavy atom. The summed E-state index contributed by atoms with van der Waals surface area (Å²) in [5.74, 6) is -0.564. The lowest BCUT2D eigenvalue weighted by Crippen LogP contribution is -2.34. The number of nitrogens with one attached hydrogen (secondary N) is 2. The molecule has 0 fully saturated rings. The van der Waals surface area contributed by atoms with E-state index in [2.05, 4.69) is 26.6 Å². The average molecular weight is 313 g/mol. The molecule has 98 valence electrons. The summed E-state index contributed by atoms with van der Waals surface area (Å²) in [6.07, 6.45) is 0.690. The summed E-state index contributed by atoms with van der Waals surface area (Å²) in [7, 11) is 0. The van der Waals surface area contributed by atoms with Gasteiger partial charge in [-0.3, -0.25) is 9.59 Å². The van der Waals surface area contributed by atoms with E-state index in [1.807, 2.05) is 26.0 Å². The van der Waals surface area contributed by atoms with Crippen LogP contribution in [-0.4, -0.2) is 17.9 Å². The maximum Gasteiger partial charge on any atom is 0.233 e. The van der Waals surface area contributed by atoms with E-state index < -0.39 is 0 Å². The van der Waals surface area contributed by atoms with Crippen LogP contribution in [0.15, 0.2) is 28.7 Å². The van der Waals surface area contributed by atoms with Gasteiger partial charge in [0.05, 0.1) is 0 Å². The first-order valence-electron chi connectivity index (χ1n) is 5.86. The van der Waals surface area contributed by atoms with Gasteiger partial charge in [-0.1, -0.05) is 28.9 Å². The Kier molecular flexibility index (Phi) is 5.85. The molecule has 4 nitrogen and oxygen atoms in total. The van der Waals surface area contributed by atoms with Crippen molar-refractivity contribution in [3.05, 3.63) is 28.7 Å². The quantitative estimate of drug-likeness (QED) is 0.821. The SMILES string of the molecule is CCC(C)NC(=O)CC(=O)Nc1cccc(Br)c1. The smallest absolute Gasteiger partial charge is 0.233 e. The largest absolute Gasteiger partial charge is 0.353 e. The van der Waals surface area contributed by atoms with Gasteiger partial charge in [-0.05, 0) is 31.5 Å². The zero-order chi connectivity index (χ0) is 13.5. The normalized spacial score (nSPS) is 11.7. The molecular formula is C13H17BrN2O2. The van der Waals surface area contributed by atoms with Gasteiger partial charge in [0.2, 0.25) is 11.8 Å². The number of amides is 2. The van der Waals surface area contributed by atoms with Crippen LogP contribution in [-0.2, 0) is 9.59 Å². The fourth-order valence-electron chi connectivity index (χ4n) is 1.35. The summed E-state index contributed by atoms with van der Waals surface area (Å²) in [5.41, 5.74) is 0.672. The van der Waals surface area contributed by atoms with E-state index in [4.69, 9.17) is 0 Å². The van der Waals surface area contributed by atoms with Gasteiger partial charge in [0, 0.05) is 16.2 Å². The number of carbonyl (C=O) groups is 2. The minimum Gasteiger partial charge on any atom is -0.353 e. The van der Waals surface area contributed by atoms with Gasteiger partial charge >= 0.3 is 0 Å². The second-order valence-corrected chi connectivity index (χ2v) is 5.03. The Bertz CT molecular complexity index is 435. The van der Waals surface area contributed by atoms with E-state index in [0.717, 1.165) is 10.9 Å². The first kappa shape index (κ1) is 14.7. The molecule has 1 atom stereocenters. The lowest BCUT2D eigenvalue weighted by atomic mass is 10.2. The minimum absolute atomic E-state index is 0.0937. The Balaban J connectivity index is 2.44. The molecule has 0 bridgehead atoms. The number of hydrogen-bond acceptors (Lipinski definition) is 2. The van der Waals surface area contributed by atoms with Crippen molar-refractivity contribution in [1.82, 2.24) is 5.32 Å². The summed E-state index contributed by atoms with van der Waals surface area (Å²) in [4.78, 5) is 23.1. The third kappa shape index (κ3) is 5.31. The van der Waals surface area contributed by atoms with Crippen LogP contribution in [0.2, 0.25) is 0 Å². The van der Waals surface area contributed by atoms with Crippen LogP contribution in [0.4, 0.5) is 5.69 Å². The maximum absolute atomic E-state index is 11.6. The van der Waals surface area contributed by atoms with Gasteiger partial charge in [0.1, 0.15) is 6.42 Å². The van der Waals surface area contributed by atoms with E-state index in [-0.39, 0.29) is 24.3 Å². The first-order valence-corrected chi connectivity index (χ1v) is 6.65. The summed E-state index contributed by atoms with van der Waals surface area (Å²) < 4.78 is 0.879. The van der Waals surface area contributed by atoms with E-state index >= 15 is 0 Å². The maximum atomic E-state index is 11.6. The van der Waals surface area contributed by atoms with Crippen LogP contribution in [0.25, 0.3) is 0 Å². The van der Waals surface area contributed by atoms with Crippen LogP contribution in [0.5, 0.6) is 0 Å². The molecule has 1 aromatic carbocycles. The number of anilines is 1. The lowest BCUT2D eigenvalue weighted by Gasteiger charge is -2.11. The standard InChI is InChI=1S/C13H17BrN2O2/c1-3-9(2)15-12(17)8-13(18)16-11-6-4-5-10(14)7-11/h4-7,9H,3,8H2,1-2H3,(H,15,17)(H,16,18). The number of halogens is 1. The number of rotatable bonds is 5. The molecule has 18 heavy (non-hydrogen) atoms. The Labute approximate surface area is 115 Å². The van der Waals surface area contributed by atoms with Crippen molar-refractivity contribution in [3.63, 3.8) is 0 Å². The van der Waals surface area contributed by atoms with E-state index in [1.54, 1.807) is 12.1 Å². The van der Waals surface area contributed by atoms with Crippen LogP contribution >= 0.6 is 15.9 Å². The molecule has 0 radical (unpaired) electrons. The molecule has 2 amide bonds. The molecule has 0 aromatic heterocycles. The van der Waals surface area contributed by atoms with Crippen molar-refractivity contribution in [1.29, 1.82) is 0 Å². The van der Waals surface area contributed by atoms with Crippen LogP contribution in [0, 0.1) is 0 Å². The number of benzene rings is 1. The zero-order valence-corrected chi connectivity index (χ0v) is 12.1. The van der Waals surface area contributed by atoms with E-state index in [0.29, 0.717) is 5.69 Å². The molecule has 1 aromatic rings. The van der Waals surface area contributed by atoms with Crippen molar-refractivity contribution in [3.8, 4) is 0 Å². The van der Waals surface area contributed by atoms with Crippen molar-refractivity contribution in [2.75, 3.05) is 5.32 Å². The van der Waals surface area contributed by atoms with Crippen molar-refractivity contribution in [2.45, 2.75) is 32.7 Å². The molecule has 0 saturated carbocycles. The predicted octanol–water partition coefficient (Wildman–Crippen LogP) is 2.69. The molecule has 0 aliphatic carbocycles. The van der Waals surface area contributed by atoms with Crippen LogP contribution in [0.1, 0.15) is 26.7 Å². The number of carbonyl (C=O) groups excluding carboxylic acids is 2. The molecule has 0 aliphatic rings. The summed E-state index contributed by atoms with van der Waals surface area (Å²) in [6.45, 7) is 3.89. The van der Waals surface area contributed by atoms with Gasteiger partial charge in [-0.25, -0.2) is 0 Å². The molecule has 5 heteroatoms. The summed E-state index contributed by atoms with van der Waals surface area (Å²) in [6, 6.07) is 7.33. The monoisotopic (exact) mass is 312 g/mol. The van der Waals surface area contributed by atoms with E-state index in [1.165, 1.54) is 0 Å². The van der Waals surface area contributed by atoms with Crippen molar-refractivity contribution < 1.29 is 9.59 Å². The number of hydrogen-bond donors (Lipinski definition) is 2. The molecule has 0 saturated heterocycles. The van der Waals surface area contributed by atoms with Crippen LogP contribution in [0.3, 0.4) is 0 Å². The Hall–Kier alpha value is -1.36. The summed E-state index contributed by atoms with van der Waals surface area (Å²) in [5, 5.41) is 5.42. The fraction of sp³-hybridized carbons (Fsp3) is 0.385. The second-order valence-electron chi connectivity index (χ2n) is 4.11. The highest BCUT2D eigenvalue weighted by Gasteiger charge is 2.11. The van der Waals surface area contributed by atoms with Gasteiger partial charge in [-0.2, -0.15) is 0 Å². The van der Waals surface area contributed by atoms with E-state index in [9.17, 15) is 9.59 Å². The third-order valence-electron chi connectivity index (χ3n) is 2.45. The van der Waals surface area contributed by atoms with Gasteiger partial charge in [-0.15, -0.1) is 0 Å². The van der Waals surface area contributed by atoms with Gasteiger partial charge in [0.25, 0.3) is 0 Å². The zero-order valence-electron chi connectivity index (χ0n) is 10.5.